The molecule has 1 aromatic carbocycles. The molecule has 0 spiro atoms. The van der Waals surface area contributed by atoms with Gasteiger partial charge in [-0.05, 0) is 42.4 Å². The number of amides is 1. The molecule has 0 atom stereocenters. The largest absolute Gasteiger partial charge is 0.354 e. The molecular formula is C19H26ClN5O. The van der Waals surface area contributed by atoms with E-state index >= 15 is 0 Å². The Labute approximate surface area is 160 Å². The Morgan fingerprint density at radius 1 is 1.12 bits per heavy atom. The number of pyridine rings is 1. The maximum absolute atomic E-state index is 12.3. The molecule has 7 heteroatoms. The summed E-state index contributed by atoms with van der Waals surface area (Å²) in [5, 5.41) is 2.97. The van der Waals surface area contributed by atoms with Crippen LogP contribution in [0.1, 0.15) is 21.5 Å². The Morgan fingerprint density at radius 2 is 1.81 bits per heavy atom. The van der Waals surface area contributed by atoms with Gasteiger partial charge in [-0.25, -0.2) is 4.98 Å². The fourth-order valence-corrected chi connectivity index (χ4v) is 2.86. The van der Waals surface area contributed by atoms with E-state index in [-0.39, 0.29) is 18.3 Å². The van der Waals surface area contributed by atoms with Gasteiger partial charge in [0.05, 0.1) is 0 Å². The number of nitrogens with one attached hydrogen (secondary N) is 1. The highest BCUT2D eigenvalue weighted by Crippen LogP contribution is 2.15. The van der Waals surface area contributed by atoms with Gasteiger partial charge in [-0.15, -0.1) is 12.4 Å². The number of hydrogen-bond donors (Lipinski definition) is 2. The molecule has 0 saturated carbocycles. The van der Waals surface area contributed by atoms with Crippen LogP contribution in [0, 0.1) is 0 Å². The van der Waals surface area contributed by atoms with Crippen molar-refractivity contribution in [2.45, 2.75) is 13.1 Å². The van der Waals surface area contributed by atoms with E-state index in [0.29, 0.717) is 18.7 Å². The van der Waals surface area contributed by atoms with Gasteiger partial charge in [0.1, 0.15) is 5.82 Å². The number of aromatic nitrogens is 1. The molecule has 6 nitrogen and oxygen atoms in total. The lowest BCUT2D eigenvalue weighted by Crippen LogP contribution is -2.44. The van der Waals surface area contributed by atoms with Crippen LogP contribution in [0.2, 0.25) is 0 Å². The van der Waals surface area contributed by atoms with Gasteiger partial charge in [0, 0.05) is 51.0 Å². The van der Waals surface area contributed by atoms with Gasteiger partial charge in [-0.3, -0.25) is 4.79 Å². The van der Waals surface area contributed by atoms with Gasteiger partial charge in [-0.2, -0.15) is 0 Å². The second-order valence-corrected chi connectivity index (χ2v) is 6.40. The zero-order valence-electron chi connectivity index (χ0n) is 15.0. The van der Waals surface area contributed by atoms with Crippen LogP contribution >= 0.6 is 12.4 Å². The Balaban J connectivity index is 0.00000243. The minimum Gasteiger partial charge on any atom is -0.354 e. The maximum atomic E-state index is 12.3. The van der Waals surface area contributed by atoms with Crippen molar-refractivity contribution in [3.05, 3.63) is 59.3 Å². The Kier molecular flexibility index (Phi) is 7.38. The molecule has 0 bridgehead atoms. The van der Waals surface area contributed by atoms with Crippen LogP contribution in [0.4, 0.5) is 5.82 Å². The SMILES string of the molecule is CN1CCN(c2cc(CNC(=O)c3ccc(CN)cc3)ccn2)CC1.Cl. The number of nitrogens with zero attached hydrogens (tertiary/aromatic N) is 3. The average Bonchev–Trinajstić information content (AvgIpc) is 2.67. The number of hydrogen-bond acceptors (Lipinski definition) is 5. The third-order valence-electron chi connectivity index (χ3n) is 4.54. The van der Waals surface area contributed by atoms with E-state index in [1.165, 1.54) is 0 Å². The summed E-state index contributed by atoms with van der Waals surface area (Å²) < 4.78 is 0. The van der Waals surface area contributed by atoms with Crippen molar-refractivity contribution in [1.82, 2.24) is 15.2 Å². The van der Waals surface area contributed by atoms with E-state index < -0.39 is 0 Å². The van der Waals surface area contributed by atoms with Gasteiger partial charge in [-0.1, -0.05) is 12.1 Å². The molecule has 140 valence electrons. The van der Waals surface area contributed by atoms with Crippen molar-refractivity contribution in [2.75, 3.05) is 38.1 Å². The lowest BCUT2D eigenvalue weighted by atomic mass is 10.1. The highest BCUT2D eigenvalue weighted by atomic mass is 35.5. The van der Waals surface area contributed by atoms with E-state index in [9.17, 15) is 4.79 Å². The van der Waals surface area contributed by atoms with Crippen molar-refractivity contribution in [3.8, 4) is 0 Å². The zero-order chi connectivity index (χ0) is 17.6. The number of rotatable bonds is 5. The van der Waals surface area contributed by atoms with Gasteiger partial charge >= 0.3 is 0 Å². The molecule has 0 aliphatic carbocycles. The van der Waals surface area contributed by atoms with Crippen molar-refractivity contribution < 1.29 is 4.79 Å². The molecule has 0 unspecified atom stereocenters. The predicted octanol–water partition coefficient (Wildman–Crippen LogP) is 1.64. The molecule has 1 aliphatic rings. The second-order valence-electron chi connectivity index (χ2n) is 6.40. The predicted molar refractivity (Wildman–Crippen MR) is 107 cm³/mol. The molecule has 1 fully saturated rings. The third-order valence-corrected chi connectivity index (χ3v) is 4.54. The zero-order valence-corrected chi connectivity index (χ0v) is 15.8. The molecule has 1 saturated heterocycles. The van der Waals surface area contributed by atoms with E-state index in [1.807, 2.05) is 24.4 Å². The summed E-state index contributed by atoms with van der Waals surface area (Å²) in [7, 11) is 2.14. The second kappa shape index (κ2) is 9.52. The van der Waals surface area contributed by atoms with Crippen LogP contribution in [0.15, 0.2) is 42.6 Å². The number of carbonyl (C=O) groups is 1. The van der Waals surface area contributed by atoms with Crippen molar-refractivity contribution in [3.63, 3.8) is 0 Å². The van der Waals surface area contributed by atoms with Gasteiger partial charge in [0.15, 0.2) is 0 Å². The minimum atomic E-state index is -0.0819. The summed E-state index contributed by atoms with van der Waals surface area (Å²) >= 11 is 0. The summed E-state index contributed by atoms with van der Waals surface area (Å²) in [4.78, 5) is 21.3. The number of halogens is 1. The van der Waals surface area contributed by atoms with Crippen LogP contribution in [-0.2, 0) is 13.1 Å². The fraction of sp³-hybridized carbons (Fsp3) is 0.368. The number of anilines is 1. The Hall–Kier alpha value is -2.15. The molecule has 26 heavy (non-hydrogen) atoms. The van der Waals surface area contributed by atoms with E-state index in [4.69, 9.17) is 5.73 Å². The highest BCUT2D eigenvalue weighted by Gasteiger charge is 2.15. The van der Waals surface area contributed by atoms with E-state index in [0.717, 1.165) is 43.1 Å². The molecule has 0 radical (unpaired) electrons. The monoisotopic (exact) mass is 375 g/mol. The van der Waals surface area contributed by atoms with Crippen LogP contribution in [0.25, 0.3) is 0 Å². The first-order valence-electron chi connectivity index (χ1n) is 8.61. The van der Waals surface area contributed by atoms with Crippen LogP contribution in [0.5, 0.6) is 0 Å². The molecular weight excluding hydrogens is 350 g/mol. The lowest BCUT2D eigenvalue weighted by molar-refractivity contribution is 0.0951. The Bertz CT molecular complexity index is 714. The molecule has 2 aromatic rings. The first kappa shape index (κ1) is 20.2. The van der Waals surface area contributed by atoms with Crippen LogP contribution in [0.3, 0.4) is 0 Å². The summed E-state index contributed by atoms with van der Waals surface area (Å²) in [5.41, 5.74) is 8.29. The number of benzene rings is 1. The van der Waals surface area contributed by atoms with Crippen molar-refractivity contribution in [1.29, 1.82) is 0 Å². The first-order valence-corrected chi connectivity index (χ1v) is 8.61. The quantitative estimate of drug-likeness (QED) is 0.831. The first-order chi connectivity index (χ1) is 12.2. The van der Waals surface area contributed by atoms with Crippen LogP contribution in [-0.4, -0.2) is 49.0 Å². The third kappa shape index (κ3) is 5.17. The summed E-state index contributed by atoms with van der Waals surface area (Å²) in [6, 6.07) is 11.4. The Morgan fingerprint density at radius 3 is 2.46 bits per heavy atom. The van der Waals surface area contributed by atoms with Gasteiger partial charge < -0.3 is 20.9 Å². The molecule has 1 amide bonds. The number of nitrogens with two attached hydrogens (primary N) is 1. The molecule has 1 aliphatic heterocycles. The standard InChI is InChI=1S/C19H25N5O.ClH/c1-23-8-10-24(11-9-23)18-12-16(6-7-21-18)14-22-19(25)17-4-2-15(13-20)3-5-17;/h2-7,12H,8-11,13-14,20H2,1H3,(H,22,25);1H. The number of likely N-dealkylation sites (N-methyl/N-ethyl adjacent to an activating group) is 1. The molecule has 1 aromatic heterocycles. The molecule has 3 N–H and O–H groups in total. The van der Waals surface area contributed by atoms with Crippen molar-refractivity contribution >= 4 is 24.1 Å². The minimum absolute atomic E-state index is 0. The maximum Gasteiger partial charge on any atom is 0.251 e. The smallest absolute Gasteiger partial charge is 0.251 e. The average molecular weight is 376 g/mol. The lowest BCUT2D eigenvalue weighted by Gasteiger charge is -2.33. The van der Waals surface area contributed by atoms with E-state index in [1.54, 1.807) is 12.1 Å². The van der Waals surface area contributed by atoms with Crippen molar-refractivity contribution in [2.24, 2.45) is 5.73 Å². The van der Waals surface area contributed by atoms with E-state index in [2.05, 4.69) is 33.2 Å². The fourth-order valence-electron chi connectivity index (χ4n) is 2.86. The van der Waals surface area contributed by atoms with Crippen LogP contribution < -0.4 is 16.0 Å². The summed E-state index contributed by atoms with van der Waals surface area (Å²) in [6.07, 6.45) is 1.81. The molecule has 2 heterocycles. The van der Waals surface area contributed by atoms with Gasteiger partial charge in [0.2, 0.25) is 0 Å². The number of carbonyl (C=O) groups excluding carboxylic acids is 1. The normalized spacial score (nSPS) is 14.6. The highest BCUT2D eigenvalue weighted by molar-refractivity contribution is 5.94. The summed E-state index contributed by atoms with van der Waals surface area (Å²) in [6.45, 7) is 5.01. The summed E-state index contributed by atoms with van der Waals surface area (Å²) in [5.74, 6) is 0.897. The van der Waals surface area contributed by atoms with Gasteiger partial charge in [0.25, 0.3) is 5.91 Å². The number of piperazine rings is 1. The topological polar surface area (TPSA) is 74.5 Å². The molecule has 3 rings (SSSR count).